The van der Waals surface area contributed by atoms with Gasteiger partial charge in [-0.25, -0.2) is 0 Å². The fourth-order valence-electron chi connectivity index (χ4n) is 2.80. The van der Waals surface area contributed by atoms with E-state index >= 15 is 0 Å². The van der Waals surface area contributed by atoms with Crippen LogP contribution < -0.4 is 10.1 Å². The zero-order chi connectivity index (χ0) is 14.7. The summed E-state index contributed by atoms with van der Waals surface area (Å²) in [5, 5.41) is 7.27. The summed E-state index contributed by atoms with van der Waals surface area (Å²) in [6.07, 6.45) is 4.07. The van der Waals surface area contributed by atoms with Gasteiger partial charge in [0.15, 0.2) is 6.61 Å². The van der Waals surface area contributed by atoms with Crippen LogP contribution in [-0.4, -0.2) is 17.2 Å². The number of nitrogens with zero attached hydrogens (tertiary/aromatic N) is 2. The molecule has 1 aliphatic carbocycles. The van der Waals surface area contributed by atoms with Gasteiger partial charge < -0.3 is 14.6 Å². The Labute approximate surface area is 124 Å². The normalized spacial score (nSPS) is 17.0. The second-order valence-electron chi connectivity index (χ2n) is 5.38. The first-order valence-electron chi connectivity index (χ1n) is 7.54. The van der Waals surface area contributed by atoms with Gasteiger partial charge in [0.1, 0.15) is 5.75 Å². The van der Waals surface area contributed by atoms with Gasteiger partial charge in [-0.1, -0.05) is 18.1 Å². The number of benzene rings is 1. The van der Waals surface area contributed by atoms with Crippen LogP contribution in [0, 0.1) is 0 Å². The topological polar surface area (TPSA) is 60.2 Å². The van der Waals surface area contributed by atoms with Gasteiger partial charge in [0.25, 0.3) is 0 Å². The van der Waals surface area contributed by atoms with Crippen LogP contribution in [0.4, 0.5) is 0 Å². The number of nitrogens with one attached hydrogen (secondary N) is 1. The monoisotopic (exact) mass is 287 g/mol. The van der Waals surface area contributed by atoms with Crippen molar-refractivity contribution in [3.63, 3.8) is 0 Å². The predicted octanol–water partition coefficient (Wildman–Crippen LogP) is 2.81. The highest BCUT2D eigenvalue weighted by Crippen LogP contribution is 2.33. The number of aryl methyl sites for hydroxylation is 2. The highest BCUT2D eigenvalue weighted by molar-refractivity contribution is 5.40. The first-order valence-corrected chi connectivity index (χ1v) is 7.54. The molecule has 1 aromatic heterocycles. The molecule has 3 rings (SSSR count). The van der Waals surface area contributed by atoms with Gasteiger partial charge in [-0.15, -0.1) is 0 Å². The van der Waals surface area contributed by atoms with Crippen molar-refractivity contribution in [3.8, 4) is 5.75 Å². The minimum atomic E-state index is 0.349. The highest BCUT2D eigenvalue weighted by atomic mass is 16.5. The van der Waals surface area contributed by atoms with Gasteiger partial charge in [-0.05, 0) is 49.6 Å². The fourth-order valence-corrected chi connectivity index (χ4v) is 2.80. The average Bonchev–Trinajstić information content (AvgIpc) is 3.11. The first-order chi connectivity index (χ1) is 10.3. The summed E-state index contributed by atoms with van der Waals surface area (Å²) in [5.41, 5.74) is 2.75. The Morgan fingerprint density at radius 3 is 3.14 bits per heavy atom. The van der Waals surface area contributed by atoms with E-state index in [9.17, 15) is 0 Å². The lowest BCUT2D eigenvalue weighted by atomic mass is 10.1. The van der Waals surface area contributed by atoms with Crippen molar-refractivity contribution in [1.82, 2.24) is 15.5 Å². The lowest BCUT2D eigenvalue weighted by Gasteiger charge is -2.10. The summed E-state index contributed by atoms with van der Waals surface area (Å²) < 4.78 is 10.9. The van der Waals surface area contributed by atoms with Gasteiger partial charge in [0.05, 0.1) is 0 Å². The summed E-state index contributed by atoms with van der Waals surface area (Å²) in [6, 6.07) is 6.77. The number of rotatable bonds is 6. The van der Waals surface area contributed by atoms with Crippen LogP contribution in [0.2, 0.25) is 0 Å². The minimum absolute atomic E-state index is 0.349. The summed E-state index contributed by atoms with van der Waals surface area (Å²) in [5.74, 6) is 2.15. The van der Waals surface area contributed by atoms with Crippen LogP contribution >= 0.6 is 0 Å². The summed E-state index contributed by atoms with van der Waals surface area (Å²) in [6.45, 7) is 2.44. The molecular formula is C16H21N3O2. The number of ether oxygens (including phenoxy) is 1. The standard InChI is InChI=1S/C16H21N3O2/c1-3-4-16-18-15(19-21-16)10-20-12-6-7-13-11(9-12)5-8-14(13)17-2/h6-7,9,14,17H,3-5,8,10H2,1-2H3. The van der Waals surface area contributed by atoms with Gasteiger partial charge in [-0.2, -0.15) is 4.98 Å². The van der Waals surface area contributed by atoms with Crippen LogP contribution in [0.5, 0.6) is 5.75 Å². The Bertz CT molecular complexity index is 609. The van der Waals surface area contributed by atoms with Crippen molar-refractivity contribution >= 4 is 0 Å². The fraction of sp³-hybridized carbons (Fsp3) is 0.500. The van der Waals surface area contributed by atoms with Gasteiger partial charge in [0.2, 0.25) is 11.7 Å². The largest absolute Gasteiger partial charge is 0.485 e. The molecule has 1 N–H and O–H groups in total. The molecule has 1 aliphatic rings. The molecule has 0 amide bonds. The molecule has 1 atom stereocenters. The van der Waals surface area contributed by atoms with E-state index in [1.54, 1.807) is 0 Å². The Kier molecular flexibility index (Phi) is 4.20. The number of fused-ring (bicyclic) bond motifs is 1. The molecule has 0 fully saturated rings. The van der Waals surface area contributed by atoms with E-state index < -0.39 is 0 Å². The molecule has 112 valence electrons. The second-order valence-corrected chi connectivity index (χ2v) is 5.38. The molecule has 1 unspecified atom stereocenters. The molecule has 1 heterocycles. The van der Waals surface area contributed by atoms with E-state index in [2.05, 4.69) is 34.5 Å². The van der Waals surface area contributed by atoms with E-state index in [0.717, 1.165) is 31.4 Å². The molecule has 1 aromatic carbocycles. The lowest BCUT2D eigenvalue weighted by molar-refractivity contribution is 0.285. The minimum Gasteiger partial charge on any atom is -0.485 e. The number of aromatic nitrogens is 2. The maximum Gasteiger partial charge on any atom is 0.226 e. The lowest BCUT2D eigenvalue weighted by Crippen LogP contribution is -2.12. The molecule has 0 aliphatic heterocycles. The summed E-state index contributed by atoms with van der Waals surface area (Å²) in [4.78, 5) is 4.30. The summed E-state index contributed by atoms with van der Waals surface area (Å²) >= 11 is 0. The molecule has 0 radical (unpaired) electrons. The van der Waals surface area contributed by atoms with Crippen molar-refractivity contribution < 1.29 is 9.26 Å². The Morgan fingerprint density at radius 1 is 1.43 bits per heavy atom. The molecule has 0 saturated carbocycles. The Balaban J connectivity index is 1.63. The molecule has 5 heteroatoms. The molecule has 5 nitrogen and oxygen atoms in total. The molecule has 0 bridgehead atoms. The first kappa shape index (κ1) is 14.1. The molecule has 21 heavy (non-hydrogen) atoms. The predicted molar refractivity (Wildman–Crippen MR) is 79.2 cm³/mol. The third-order valence-corrected chi connectivity index (χ3v) is 3.88. The zero-order valence-electron chi connectivity index (χ0n) is 12.6. The molecule has 0 spiro atoms. The molecule has 0 saturated heterocycles. The van der Waals surface area contributed by atoms with E-state index in [-0.39, 0.29) is 0 Å². The SMILES string of the molecule is CCCc1nc(COc2ccc3c(c2)CCC3NC)no1. The van der Waals surface area contributed by atoms with Crippen molar-refractivity contribution in [1.29, 1.82) is 0 Å². The molecular weight excluding hydrogens is 266 g/mol. The van der Waals surface area contributed by atoms with Crippen molar-refractivity contribution in [3.05, 3.63) is 41.0 Å². The maximum atomic E-state index is 5.77. The van der Waals surface area contributed by atoms with Crippen LogP contribution in [0.3, 0.4) is 0 Å². The van der Waals surface area contributed by atoms with E-state index in [4.69, 9.17) is 9.26 Å². The van der Waals surface area contributed by atoms with Gasteiger partial charge in [0, 0.05) is 12.5 Å². The smallest absolute Gasteiger partial charge is 0.226 e. The van der Waals surface area contributed by atoms with Gasteiger partial charge in [-0.3, -0.25) is 0 Å². The quantitative estimate of drug-likeness (QED) is 0.885. The van der Waals surface area contributed by atoms with Crippen molar-refractivity contribution in [2.45, 2.75) is 45.3 Å². The van der Waals surface area contributed by atoms with Crippen molar-refractivity contribution in [2.24, 2.45) is 0 Å². The van der Waals surface area contributed by atoms with Gasteiger partial charge >= 0.3 is 0 Å². The third kappa shape index (κ3) is 3.08. The number of hydrogen-bond acceptors (Lipinski definition) is 5. The van der Waals surface area contributed by atoms with E-state index in [0.29, 0.717) is 24.4 Å². The van der Waals surface area contributed by atoms with E-state index in [1.807, 2.05) is 13.1 Å². The van der Waals surface area contributed by atoms with Crippen LogP contribution in [0.15, 0.2) is 22.7 Å². The Morgan fingerprint density at radius 2 is 2.33 bits per heavy atom. The van der Waals surface area contributed by atoms with Crippen LogP contribution in [0.1, 0.15) is 48.6 Å². The maximum absolute atomic E-state index is 5.77. The van der Waals surface area contributed by atoms with Crippen molar-refractivity contribution in [2.75, 3.05) is 7.05 Å². The second kappa shape index (κ2) is 6.26. The highest BCUT2D eigenvalue weighted by Gasteiger charge is 2.21. The third-order valence-electron chi connectivity index (χ3n) is 3.88. The number of hydrogen-bond donors (Lipinski definition) is 1. The molecule has 2 aromatic rings. The van der Waals surface area contributed by atoms with Crippen LogP contribution in [0.25, 0.3) is 0 Å². The zero-order valence-corrected chi connectivity index (χ0v) is 12.6. The van der Waals surface area contributed by atoms with E-state index in [1.165, 1.54) is 11.1 Å². The Hall–Kier alpha value is -1.88. The van der Waals surface area contributed by atoms with Crippen LogP contribution in [-0.2, 0) is 19.4 Å². The summed E-state index contributed by atoms with van der Waals surface area (Å²) in [7, 11) is 2.01. The average molecular weight is 287 g/mol.